The van der Waals surface area contributed by atoms with Crippen LogP contribution in [-0.2, 0) is 0 Å². The largest absolute Gasteiger partial charge is 0.478 e. The molecular formula is C15H12N2O2. The average molecular weight is 252 g/mol. The normalized spacial score (nSPS) is 10.5. The lowest BCUT2D eigenvalue weighted by Gasteiger charge is -2.08. The SMILES string of the molecule is O=C(O)c1ccccc1Nc1c[nH]c2ccccc12. The highest BCUT2D eigenvalue weighted by atomic mass is 16.4. The minimum absolute atomic E-state index is 0.257. The van der Waals surface area contributed by atoms with Gasteiger partial charge in [-0.05, 0) is 18.2 Å². The summed E-state index contributed by atoms with van der Waals surface area (Å²) in [6.45, 7) is 0. The first-order chi connectivity index (χ1) is 9.25. The molecule has 94 valence electrons. The summed E-state index contributed by atoms with van der Waals surface area (Å²) >= 11 is 0. The fraction of sp³-hybridized carbons (Fsp3) is 0. The van der Waals surface area contributed by atoms with Crippen LogP contribution in [0.1, 0.15) is 10.4 Å². The molecule has 0 saturated carbocycles. The van der Waals surface area contributed by atoms with E-state index in [-0.39, 0.29) is 5.56 Å². The number of carboxylic acid groups (broad SMARTS) is 1. The molecule has 3 N–H and O–H groups in total. The predicted octanol–water partition coefficient (Wildman–Crippen LogP) is 3.61. The molecule has 0 radical (unpaired) electrons. The van der Waals surface area contributed by atoms with E-state index in [1.165, 1.54) is 0 Å². The second kappa shape index (κ2) is 4.49. The van der Waals surface area contributed by atoms with Gasteiger partial charge in [0, 0.05) is 17.1 Å². The number of hydrogen-bond acceptors (Lipinski definition) is 2. The highest BCUT2D eigenvalue weighted by Gasteiger charge is 2.10. The molecule has 0 aliphatic rings. The molecular weight excluding hydrogens is 240 g/mol. The number of hydrogen-bond donors (Lipinski definition) is 3. The number of aromatic amines is 1. The molecule has 0 unspecified atom stereocenters. The summed E-state index contributed by atoms with van der Waals surface area (Å²) in [7, 11) is 0. The van der Waals surface area contributed by atoms with Gasteiger partial charge in [-0.15, -0.1) is 0 Å². The molecule has 0 saturated heterocycles. The molecule has 0 spiro atoms. The summed E-state index contributed by atoms with van der Waals surface area (Å²) in [6.07, 6.45) is 1.84. The molecule has 1 heterocycles. The molecule has 3 aromatic rings. The number of fused-ring (bicyclic) bond motifs is 1. The van der Waals surface area contributed by atoms with E-state index in [0.717, 1.165) is 16.6 Å². The van der Waals surface area contributed by atoms with E-state index in [0.29, 0.717) is 5.69 Å². The van der Waals surface area contributed by atoms with Gasteiger partial charge in [-0.3, -0.25) is 0 Å². The van der Waals surface area contributed by atoms with Crippen LogP contribution in [0.25, 0.3) is 10.9 Å². The molecule has 0 amide bonds. The lowest BCUT2D eigenvalue weighted by molar-refractivity contribution is 0.0698. The van der Waals surface area contributed by atoms with Crippen molar-refractivity contribution in [3.8, 4) is 0 Å². The Balaban J connectivity index is 2.04. The summed E-state index contributed by atoms with van der Waals surface area (Å²) in [5.74, 6) is -0.942. The van der Waals surface area contributed by atoms with Gasteiger partial charge in [0.25, 0.3) is 0 Å². The van der Waals surface area contributed by atoms with Crippen LogP contribution >= 0.6 is 0 Å². The van der Waals surface area contributed by atoms with Crippen molar-refractivity contribution >= 4 is 28.2 Å². The van der Waals surface area contributed by atoms with Gasteiger partial charge in [0.05, 0.1) is 16.9 Å². The summed E-state index contributed by atoms with van der Waals surface area (Å²) < 4.78 is 0. The van der Waals surface area contributed by atoms with Gasteiger partial charge in [0.2, 0.25) is 0 Å². The summed E-state index contributed by atoms with van der Waals surface area (Å²) in [5, 5.41) is 13.4. The van der Waals surface area contributed by atoms with E-state index in [1.54, 1.807) is 18.2 Å². The third-order valence-electron chi connectivity index (χ3n) is 3.02. The maximum Gasteiger partial charge on any atom is 0.337 e. The van der Waals surface area contributed by atoms with Crippen molar-refractivity contribution in [2.75, 3.05) is 5.32 Å². The van der Waals surface area contributed by atoms with Crippen LogP contribution in [-0.4, -0.2) is 16.1 Å². The van der Waals surface area contributed by atoms with Gasteiger partial charge in [-0.1, -0.05) is 30.3 Å². The second-order valence-corrected chi connectivity index (χ2v) is 4.22. The maximum absolute atomic E-state index is 11.2. The van der Waals surface area contributed by atoms with Gasteiger partial charge in [0.1, 0.15) is 0 Å². The zero-order valence-electron chi connectivity index (χ0n) is 10.1. The molecule has 19 heavy (non-hydrogen) atoms. The Bertz CT molecular complexity index is 746. The van der Waals surface area contributed by atoms with Crippen LogP contribution < -0.4 is 5.32 Å². The van der Waals surface area contributed by atoms with E-state index in [9.17, 15) is 4.79 Å². The number of H-pyrrole nitrogens is 1. The van der Waals surface area contributed by atoms with E-state index < -0.39 is 5.97 Å². The molecule has 4 nitrogen and oxygen atoms in total. The Hall–Kier alpha value is -2.75. The Morgan fingerprint density at radius 2 is 1.74 bits per heavy atom. The van der Waals surface area contributed by atoms with Gasteiger partial charge < -0.3 is 15.4 Å². The lowest BCUT2D eigenvalue weighted by Crippen LogP contribution is -2.01. The maximum atomic E-state index is 11.2. The molecule has 0 fully saturated rings. The molecule has 2 aromatic carbocycles. The van der Waals surface area contributed by atoms with E-state index >= 15 is 0 Å². The Labute approximate surface area is 109 Å². The molecule has 1 aromatic heterocycles. The number of carbonyl (C=O) groups is 1. The minimum atomic E-state index is -0.942. The number of benzene rings is 2. The van der Waals surface area contributed by atoms with Gasteiger partial charge >= 0.3 is 5.97 Å². The topological polar surface area (TPSA) is 65.1 Å². The van der Waals surface area contributed by atoms with Crippen molar-refractivity contribution in [3.05, 3.63) is 60.3 Å². The van der Waals surface area contributed by atoms with Crippen molar-refractivity contribution in [1.82, 2.24) is 4.98 Å². The van der Waals surface area contributed by atoms with Gasteiger partial charge in [0.15, 0.2) is 0 Å². The quantitative estimate of drug-likeness (QED) is 0.667. The number of carboxylic acids is 1. The summed E-state index contributed by atoms with van der Waals surface area (Å²) in [5.41, 5.74) is 2.72. The third kappa shape index (κ3) is 2.04. The van der Waals surface area contributed by atoms with Crippen molar-refractivity contribution in [2.45, 2.75) is 0 Å². The first-order valence-electron chi connectivity index (χ1n) is 5.91. The number of aromatic nitrogens is 1. The van der Waals surface area contributed by atoms with Crippen LogP contribution in [0, 0.1) is 0 Å². The fourth-order valence-corrected chi connectivity index (χ4v) is 2.10. The molecule has 0 aliphatic carbocycles. The zero-order valence-corrected chi connectivity index (χ0v) is 10.1. The van der Waals surface area contributed by atoms with Crippen molar-refractivity contribution in [1.29, 1.82) is 0 Å². The minimum Gasteiger partial charge on any atom is -0.478 e. The predicted molar refractivity (Wildman–Crippen MR) is 75.0 cm³/mol. The van der Waals surface area contributed by atoms with Crippen LogP contribution in [0.2, 0.25) is 0 Å². The van der Waals surface area contributed by atoms with Crippen LogP contribution in [0.15, 0.2) is 54.7 Å². The lowest BCUT2D eigenvalue weighted by atomic mass is 10.1. The highest BCUT2D eigenvalue weighted by Crippen LogP contribution is 2.27. The van der Waals surface area contributed by atoms with Gasteiger partial charge in [-0.25, -0.2) is 4.79 Å². The first-order valence-corrected chi connectivity index (χ1v) is 5.91. The molecule has 3 rings (SSSR count). The first kappa shape index (κ1) is 11.3. The van der Waals surface area contributed by atoms with Gasteiger partial charge in [-0.2, -0.15) is 0 Å². The smallest absolute Gasteiger partial charge is 0.337 e. The van der Waals surface area contributed by atoms with E-state index in [4.69, 9.17) is 5.11 Å². The number of para-hydroxylation sites is 2. The number of rotatable bonds is 3. The standard InChI is InChI=1S/C15H12N2O2/c18-15(19)11-6-2-4-8-13(11)17-14-9-16-12-7-3-1-5-10(12)14/h1-9,16-17H,(H,18,19). The fourth-order valence-electron chi connectivity index (χ4n) is 2.10. The van der Waals surface area contributed by atoms with Crippen molar-refractivity contribution < 1.29 is 9.90 Å². The number of anilines is 2. The zero-order chi connectivity index (χ0) is 13.2. The summed E-state index contributed by atoms with van der Waals surface area (Å²) in [4.78, 5) is 14.3. The molecule has 4 heteroatoms. The van der Waals surface area contributed by atoms with Crippen LogP contribution in [0.5, 0.6) is 0 Å². The Morgan fingerprint density at radius 3 is 2.58 bits per heavy atom. The van der Waals surface area contributed by atoms with Crippen molar-refractivity contribution in [3.63, 3.8) is 0 Å². The highest BCUT2D eigenvalue weighted by molar-refractivity contribution is 5.99. The van der Waals surface area contributed by atoms with Crippen LogP contribution in [0.4, 0.5) is 11.4 Å². The summed E-state index contributed by atoms with van der Waals surface area (Å²) in [6, 6.07) is 14.7. The molecule has 0 aliphatic heterocycles. The van der Waals surface area contributed by atoms with E-state index in [2.05, 4.69) is 10.3 Å². The Kier molecular flexibility index (Phi) is 2.68. The monoisotopic (exact) mass is 252 g/mol. The molecule has 0 bridgehead atoms. The molecule has 0 atom stereocenters. The van der Waals surface area contributed by atoms with Crippen LogP contribution in [0.3, 0.4) is 0 Å². The third-order valence-corrected chi connectivity index (χ3v) is 3.02. The number of aromatic carboxylic acids is 1. The average Bonchev–Trinajstić information content (AvgIpc) is 2.83. The second-order valence-electron chi connectivity index (χ2n) is 4.22. The number of nitrogens with one attached hydrogen (secondary N) is 2. The van der Waals surface area contributed by atoms with E-state index in [1.807, 2.05) is 36.5 Å². The van der Waals surface area contributed by atoms with Crippen molar-refractivity contribution in [2.24, 2.45) is 0 Å². The Morgan fingerprint density at radius 1 is 1.00 bits per heavy atom.